The zero-order chi connectivity index (χ0) is 19.8. The number of nitrogens with zero attached hydrogens (tertiary/aromatic N) is 2. The van der Waals surface area contributed by atoms with Gasteiger partial charge in [-0.3, -0.25) is 14.7 Å². The monoisotopic (exact) mass is 402 g/mol. The van der Waals surface area contributed by atoms with Crippen molar-refractivity contribution < 1.29 is 14.3 Å². The molecule has 1 saturated carbocycles. The Labute approximate surface area is 168 Å². The van der Waals surface area contributed by atoms with E-state index in [1.54, 1.807) is 18.4 Å². The van der Waals surface area contributed by atoms with Gasteiger partial charge in [-0.05, 0) is 49.8 Å². The van der Waals surface area contributed by atoms with E-state index in [0.29, 0.717) is 24.1 Å². The third kappa shape index (κ3) is 3.71. The molecule has 2 fully saturated rings. The van der Waals surface area contributed by atoms with Crippen LogP contribution in [-0.4, -0.2) is 59.3 Å². The van der Waals surface area contributed by atoms with Crippen molar-refractivity contribution in [3.8, 4) is 10.6 Å². The van der Waals surface area contributed by atoms with E-state index in [9.17, 15) is 9.59 Å². The maximum Gasteiger partial charge on any atom is 0.274 e. The number of hydrogen-bond acceptors (Lipinski definition) is 5. The van der Waals surface area contributed by atoms with E-state index < -0.39 is 0 Å². The molecule has 0 unspecified atom stereocenters. The average Bonchev–Trinajstić information content (AvgIpc) is 3.38. The van der Waals surface area contributed by atoms with Crippen LogP contribution in [0.3, 0.4) is 0 Å². The molecule has 7 nitrogen and oxygen atoms in total. The summed E-state index contributed by atoms with van der Waals surface area (Å²) in [6.07, 6.45) is 1.70. The highest BCUT2D eigenvalue weighted by Crippen LogP contribution is 2.38. The average molecular weight is 403 g/mol. The molecule has 28 heavy (non-hydrogen) atoms. The first kappa shape index (κ1) is 19.1. The van der Waals surface area contributed by atoms with E-state index in [0.717, 1.165) is 30.0 Å². The molecule has 2 aromatic rings. The van der Waals surface area contributed by atoms with Gasteiger partial charge in [0.25, 0.3) is 5.91 Å². The molecule has 2 N–H and O–H groups in total. The van der Waals surface area contributed by atoms with Crippen molar-refractivity contribution in [1.82, 2.24) is 20.4 Å². The second kappa shape index (κ2) is 7.67. The normalized spacial score (nSPS) is 26.9. The summed E-state index contributed by atoms with van der Waals surface area (Å²) in [6.45, 7) is 5.02. The highest BCUT2D eigenvalue weighted by molar-refractivity contribution is 7.15. The number of nitrogens with one attached hydrogen (secondary N) is 2. The molecule has 0 aromatic carbocycles. The quantitative estimate of drug-likeness (QED) is 0.822. The molecule has 1 saturated heterocycles. The van der Waals surface area contributed by atoms with E-state index in [1.165, 1.54) is 11.8 Å². The van der Waals surface area contributed by atoms with E-state index in [-0.39, 0.29) is 24.0 Å². The van der Waals surface area contributed by atoms with Crippen LogP contribution in [0.4, 0.5) is 0 Å². The predicted molar refractivity (Wildman–Crippen MR) is 107 cm³/mol. The molecule has 0 radical (unpaired) electrons. The van der Waals surface area contributed by atoms with E-state index in [4.69, 9.17) is 4.74 Å². The fraction of sp³-hybridized carbons (Fsp3) is 0.550. The first-order valence-electron chi connectivity index (χ1n) is 9.66. The Hall–Kier alpha value is -2.19. The van der Waals surface area contributed by atoms with Gasteiger partial charge in [-0.2, -0.15) is 5.10 Å². The zero-order valence-electron chi connectivity index (χ0n) is 16.4. The van der Waals surface area contributed by atoms with E-state index >= 15 is 0 Å². The molecule has 0 spiro atoms. The lowest BCUT2D eigenvalue weighted by atomic mass is 9.77. The number of rotatable bonds is 4. The highest BCUT2D eigenvalue weighted by Gasteiger charge is 2.44. The number of aromatic nitrogens is 2. The standard InChI is InChI=1S/C20H26N4O3S/c1-11-4-5-19(28-11)16-8-17(23-22-16)20(26)24-9-13-6-15(21-12(2)25)18(27-3)7-14(13)10-24/h4-5,8,13-15,18H,6-7,9-10H2,1-3H3,(H,21,25)(H,22,23)/t13-,14+,15-,18-/m1/s1. The van der Waals surface area contributed by atoms with Crippen LogP contribution in [0, 0.1) is 18.8 Å². The maximum absolute atomic E-state index is 13.0. The van der Waals surface area contributed by atoms with Crippen LogP contribution in [0.1, 0.15) is 35.1 Å². The van der Waals surface area contributed by atoms with Crippen molar-refractivity contribution in [2.75, 3.05) is 20.2 Å². The van der Waals surface area contributed by atoms with Gasteiger partial charge in [0, 0.05) is 32.0 Å². The van der Waals surface area contributed by atoms with Crippen molar-refractivity contribution >= 4 is 23.2 Å². The molecule has 2 aliphatic rings. The lowest BCUT2D eigenvalue weighted by molar-refractivity contribution is -0.121. The smallest absolute Gasteiger partial charge is 0.274 e. The van der Waals surface area contributed by atoms with Crippen molar-refractivity contribution in [2.45, 2.75) is 38.8 Å². The first-order chi connectivity index (χ1) is 13.4. The summed E-state index contributed by atoms with van der Waals surface area (Å²) in [5.74, 6) is 0.711. The van der Waals surface area contributed by atoms with E-state index in [1.807, 2.05) is 17.0 Å². The van der Waals surface area contributed by atoms with Gasteiger partial charge in [0.15, 0.2) is 5.69 Å². The number of ether oxygens (including phenoxy) is 1. The fourth-order valence-electron chi connectivity index (χ4n) is 4.55. The third-order valence-corrected chi connectivity index (χ3v) is 6.93. The second-order valence-corrected chi connectivity index (χ2v) is 9.15. The van der Waals surface area contributed by atoms with Crippen LogP contribution in [0.25, 0.3) is 10.6 Å². The van der Waals surface area contributed by atoms with Gasteiger partial charge in [0.1, 0.15) is 0 Å². The molecular weight excluding hydrogens is 376 g/mol. The van der Waals surface area contributed by atoms with Crippen molar-refractivity contribution in [1.29, 1.82) is 0 Å². The summed E-state index contributed by atoms with van der Waals surface area (Å²) in [4.78, 5) is 28.7. The summed E-state index contributed by atoms with van der Waals surface area (Å²) in [6, 6.07) is 5.95. The number of methoxy groups -OCH3 is 1. The zero-order valence-corrected chi connectivity index (χ0v) is 17.2. The number of aryl methyl sites for hydroxylation is 1. The van der Waals surface area contributed by atoms with Crippen LogP contribution < -0.4 is 5.32 Å². The minimum atomic E-state index is -0.0377. The Morgan fingerprint density at radius 3 is 2.68 bits per heavy atom. The number of carbonyl (C=O) groups excluding carboxylic acids is 2. The molecule has 4 atom stereocenters. The molecule has 0 bridgehead atoms. The van der Waals surface area contributed by atoms with Crippen LogP contribution >= 0.6 is 11.3 Å². The topological polar surface area (TPSA) is 87.3 Å². The highest BCUT2D eigenvalue weighted by atomic mass is 32.1. The molecule has 2 aromatic heterocycles. The van der Waals surface area contributed by atoms with Gasteiger partial charge in [-0.1, -0.05) is 0 Å². The predicted octanol–water partition coefficient (Wildman–Crippen LogP) is 2.45. The molecule has 4 rings (SSSR count). The molecule has 150 valence electrons. The lowest BCUT2D eigenvalue weighted by Crippen LogP contribution is -2.49. The minimum Gasteiger partial charge on any atom is -0.379 e. The third-order valence-electron chi connectivity index (χ3n) is 5.90. The van der Waals surface area contributed by atoms with Crippen molar-refractivity contribution in [2.24, 2.45) is 11.8 Å². The van der Waals surface area contributed by atoms with Crippen LogP contribution in [-0.2, 0) is 9.53 Å². The van der Waals surface area contributed by atoms with Crippen molar-refractivity contribution in [3.05, 3.63) is 28.8 Å². The van der Waals surface area contributed by atoms with Crippen molar-refractivity contribution in [3.63, 3.8) is 0 Å². The number of aromatic amines is 1. The molecule has 3 heterocycles. The van der Waals surface area contributed by atoms with Crippen LogP contribution in [0.15, 0.2) is 18.2 Å². The van der Waals surface area contributed by atoms with Crippen LogP contribution in [0.2, 0.25) is 0 Å². The number of carbonyl (C=O) groups is 2. The Morgan fingerprint density at radius 2 is 2.04 bits per heavy atom. The molecular formula is C20H26N4O3S. The molecule has 2 amide bonds. The maximum atomic E-state index is 13.0. The fourth-order valence-corrected chi connectivity index (χ4v) is 5.39. The number of H-pyrrole nitrogens is 1. The molecule has 1 aliphatic heterocycles. The molecule has 8 heteroatoms. The Kier molecular flexibility index (Phi) is 5.25. The Bertz CT molecular complexity index is 876. The minimum absolute atomic E-state index is 0.000688. The number of likely N-dealkylation sites (tertiary alicyclic amines) is 1. The second-order valence-electron chi connectivity index (χ2n) is 7.86. The van der Waals surface area contributed by atoms with Gasteiger partial charge in [-0.15, -0.1) is 11.3 Å². The molecule has 1 aliphatic carbocycles. The van der Waals surface area contributed by atoms with E-state index in [2.05, 4.69) is 28.5 Å². The number of thiophene rings is 1. The summed E-state index contributed by atoms with van der Waals surface area (Å²) in [7, 11) is 1.69. The van der Waals surface area contributed by atoms with Gasteiger partial charge in [0.05, 0.1) is 22.7 Å². The lowest BCUT2D eigenvalue weighted by Gasteiger charge is -2.37. The number of fused-ring (bicyclic) bond motifs is 1. The summed E-state index contributed by atoms with van der Waals surface area (Å²) in [5, 5.41) is 10.3. The summed E-state index contributed by atoms with van der Waals surface area (Å²) in [5.41, 5.74) is 1.34. The number of amides is 2. The number of hydrogen-bond donors (Lipinski definition) is 2. The van der Waals surface area contributed by atoms with Gasteiger partial charge < -0.3 is 15.0 Å². The Balaban J connectivity index is 1.44. The van der Waals surface area contributed by atoms with Gasteiger partial charge in [-0.25, -0.2) is 0 Å². The first-order valence-corrected chi connectivity index (χ1v) is 10.5. The summed E-state index contributed by atoms with van der Waals surface area (Å²) >= 11 is 1.68. The largest absolute Gasteiger partial charge is 0.379 e. The van der Waals surface area contributed by atoms with Gasteiger partial charge in [0.2, 0.25) is 5.91 Å². The van der Waals surface area contributed by atoms with Gasteiger partial charge >= 0.3 is 0 Å². The SMILES string of the molecule is CO[C@@H]1C[C@H]2CN(C(=O)c3cc(-c4ccc(C)s4)[nH]n3)C[C@H]2C[C@H]1NC(C)=O. The summed E-state index contributed by atoms with van der Waals surface area (Å²) < 4.78 is 5.61. The van der Waals surface area contributed by atoms with Crippen LogP contribution in [0.5, 0.6) is 0 Å². The Morgan fingerprint density at radius 1 is 1.29 bits per heavy atom.